The van der Waals surface area contributed by atoms with Gasteiger partial charge in [-0.2, -0.15) is 0 Å². The Morgan fingerprint density at radius 1 is 1.41 bits per heavy atom. The third-order valence-corrected chi connectivity index (χ3v) is 2.50. The van der Waals surface area contributed by atoms with Crippen LogP contribution in [0.15, 0.2) is 29.1 Å². The van der Waals surface area contributed by atoms with Crippen molar-refractivity contribution in [1.82, 2.24) is 4.98 Å². The van der Waals surface area contributed by atoms with Crippen LogP contribution in [-0.2, 0) is 6.54 Å². The van der Waals surface area contributed by atoms with Crippen LogP contribution < -0.4 is 16.5 Å². The van der Waals surface area contributed by atoms with Gasteiger partial charge in [0.1, 0.15) is 0 Å². The van der Waals surface area contributed by atoms with E-state index in [4.69, 9.17) is 12.2 Å². The Morgan fingerprint density at radius 3 is 2.94 bits per heavy atom. The molecule has 2 aromatic rings. The molecule has 1 heterocycles. The predicted octanol–water partition coefficient (Wildman–Crippen LogP) is 1.03. The highest BCUT2D eigenvalue weighted by atomic mass is 16.1. The Morgan fingerprint density at radius 2 is 2.24 bits per heavy atom. The minimum Gasteiger partial charge on any atom is -0.374 e. The second-order valence-corrected chi connectivity index (χ2v) is 3.68. The summed E-state index contributed by atoms with van der Waals surface area (Å²) in [6, 6.07) is 7.02. The predicted molar refractivity (Wildman–Crippen MR) is 69.8 cm³/mol. The van der Waals surface area contributed by atoms with Crippen molar-refractivity contribution in [3.8, 4) is 12.3 Å². The zero-order chi connectivity index (χ0) is 12.3. The van der Waals surface area contributed by atoms with E-state index in [1.807, 2.05) is 12.1 Å². The van der Waals surface area contributed by atoms with Crippen molar-refractivity contribution in [2.75, 3.05) is 11.9 Å². The molecule has 0 fully saturated rings. The number of nitrogens with one attached hydrogen (secondary N) is 2. The topological polar surface area (TPSA) is 70.9 Å². The Balaban J connectivity index is 2.52. The van der Waals surface area contributed by atoms with Gasteiger partial charge in [-0.05, 0) is 18.2 Å². The first-order chi connectivity index (χ1) is 8.24. The van der Waals surface area contributed by atoms with Crippen molar-refractivity contribution in [3.63, 3.8) is 0 Å². The number of aromatic nitrogens is 1. The molecule has 0 bridgehead atoms. The molecule has 4 heteroatoms. The third-order valence-electron chi connectivity index (χ3n) is 2.50. The average Bonchev–Trinajstić information content (AvgIpc) is 2.36. The lowest BCUT2D eigenvalue weighted by Gasteiger charge is -2.05. The molecule has 0 amide bonds. The quantitative estimate of drug-likeness (QED) is 0.686. The summed E-state index contributed by atoms with van der Waals surface area (Å²) in [4.78, 5) is 14.9. The van der Waals surface area contributed by atoms with Crippen LogP contribution in [0, 0.1) is 12.3 Å². The summed E-state index contributed by atoms with van der Waals surface area (Å²) in [5.74, 6) is 2.48. The fourth-order valence-electron chi connectivity index (χ4n) is 1.68. The highest BCUT2D eigenvalue weighted by molar-refractivity contribution is 5.82. The molecule has 17 heavy (non-hydrogen) atoms. The lowest BCUT2D eigenvalue weighted by Crippen LogP contribution is -2.09. The van der Waals surface area contributed by atoms with Gasteiger partial charge in [-0.25, -0.2) is 0 Å². The number of aromatic amines is 1. The highest BCUT2D eigenvalue weighted by Crippen LogP contribution is 2.14. The second-order valence-electron chi connectivity index (χ2n) is 3.68. The standard InChI is InChI=1S/C13H13N3O/c1-2-5-15-9-3-4-12-11(6-9)13(17)7-10(8-14)16-12/h1,3-4,6-7,15H,5,8,14H2,(H,16,17). The minimum atomic E-state index is -0.0384. The molecule has 4 nitrogen and oxygen atoms in total. The van der Waals surface area contributed by atoms with Gasteiger partial charge in [0.25, 0.3) is 0 Å². The molecule has 0 unspecified atom stereocenters. The fraction of sp³-hybridized carbons (Fsp3) is 0.154. The molecule has 2 rings (SSSR count). The Kier molecular flexibility index (Phi) is 3.12. The zero-order valence-electron chi connectivity index (χ0n) is 9.29. The minimum absolute atomic E-state index is 0.0384. The molecule has 86 valence electrons. The summed E-state index contributed by atoms with van der Waals surface area (Å²) in [6.07, 6.45) is 5.16. The number of H-pyrrole nitrogens is 1. The summed E-state index contributed by atoms with van der Waals surface area (Å²) in [5, 5.41) is 3.66. The summed E-state index contributed by atoms with van der Waals surface area (Å²) in [7, 11) is 0. The molecule has 0 aliphatic rings. The van der Waals surface area contributed by atoms with E-state index in [0.717, 1.165) is 16.9 Å². The number of anilines is 1. The van der Waals surface area contributed by atoms with Gasteiger partial charge in [-0.3, -0.25) is 4.79 Å². The number of benzene rings is 1. The van der Waals surface area contributed by atoms with Gasteiger partial charge in [0.15, 0.2) is 5.43 Å². The maximum Gasteiger partial charge on any atom is 0.189 e. The van der Waals surface area contributed by atoms with Gasteiger partial charge in [0.05, 0.1) is 6.54 Å². The Bertz CT molecular complexity index is 637. The number of hydrogen-bond acceptors (Lipinski definition) is 3. The monoisotopic (exact) mass is 227 g/mol. The molecule has 0 radical (unpaired) electrons. The normalized spacial score (nSPS) is 10.1. The molecule has 4 N–H and O–H groups in total. The molecular formula is C13H13N3O. The number of terminal acetylenes is 1. The third kappa shape index (κ3) is 2.30. The van der Waals surface area contributed by atoms with E-state index in [-0.39, 0.29) is 5.43 Å². The summed E-state index contributed by atoms with van der Waals surface area (Å²) < 4.78 is 0. The van der Waals surface area contributed by atoms with Crippen molar-refractivity contribution in [3.05, 3.63) is 40.2 Å². The molecule has 0 aliphatic heterocycles. The first-order valence-electron chi connectivity index (χ1n) is 5.28. The van der Waals surface area contributed by atoms with Crippen LogP contribution in [0.5, 0.6) is 0 Å². The smallest absolute Gasteiger partial charge is 0.189 e. The summed E-state index contributed by atoms with van der Waals surface area (Å²) in [6.45, 7) is 0.757. The molecule has 1 aromatic carbocycles. The van der Waals surface area contributed by atoms with Crippen LogP contribution in [-0.4, -0.2) is 11.5 Å². The number of hydrogen-bond donors (Lipinski definition) is 3. The Hall–Kier alpha value is -2.25. The van der Waals surface area contributed by atoms with Gasteiger partial charge >= 0.3 is 0 Å². The van der Waals surface area contributed by atoms with Crippen LogP contribution in [0.4, 0.5) is 5.69 Å². The van der Waals surface area contributed by atoms with Crippen molar-refractivity contribution in [1.29, 1.82) is 0 Å². The number of rotatable bonds is 3. The van der Waals surface area contributed by atoms with Crippen LogP contribution in [0.2, 0.25) is 0 Å². The average molecular weight is 227 g/mol. The van der Waals surface area contributed by atoms with E-state index in [9.17, 15) is 4.79 Å². The first kappa shape index (κ1) is 11.2. The van der Waals surface area contributed by atoms with E-state index >= 15 is 0 Å². The Labute approximate surface area is 98.8 Å². The van der Waals surface area contributed by atoms with Crippen molar-refractivity contribution < 1.29 is 0 Å². The number of fused-ring (bicyclic) bond motifs is 1. The van der Waals surface area contributed by atoms with Crippen LogP contribution in [0.25, 0.3) is 10.9 Å². The molecular weight excluding hydrogens is 214 g/mol. The molecule has 1 aromatic heterocycles. The van der Waals surface area contributed by atoms with Gasteiger partial charge in [0, 0.05) is 34.9 Å². The summed E-state index contributed by atoms with van der Waals surface area (Å²) in [5.41, 5.74) is 7.81. The first-order valence-corrected chi connectivity index (χ1v) is 5.28. The van der Waals surface area contributed by atoms with Crippen molar-refractivity contribution >= 4 is 16.6 Å². The molecule has 0 saturated carbocycles. The zero-order valence-corrected chi connectivity index (χ0v) is 9.29. The van der Waals surface area contributed by atoms with E-state index < -0.39 is 0 Å². The summed E-state index contributed by atoms with van der Waals surface area (Å²) >= 11 is 0. The molecule has 0 atom stereocenters. The van der Waals surface area contributed by atoms with Gasteiger partial charge in [-0.15, -0.1) is 6.42 Å². The lowest BCUT2D eigenvalue weighted by molar-refractivity contribution is 1.00. The largest absolute Gasteiger partial charge is 0.374 e. The van der Waals surface area contributed by atoms with Crippen LogP contribution in [0.3, 0.4) is 0 Å². The van der Waals surface area contributed by atoms with E-state index in [1.54, 1.807) is 6.07 Å². The molecule has 0 saturated heterocycles. The van der Waals surface area contributed by atoms with Crippen molar-refractivity contribution in [2.24, 2.45) is 5.73 Å². The fourth-order valence-corrected chi connectivity index (χ4v) is 1.68. The highest BCUT2D eigenvalue weighted by Gasteiger charge is 2.02. The van der Waals surface area contributed by atoms with Crippen molar-refractivity contribution in [2.45, 2.75) is 6.54 Å². The van der Waals surface area contributed by atoms with Gasteiger partial charge < -0.3 is 16.0 Å². The lowest BCUT2D eigenvalue weighted by atomic mass is 10.1. The van der Waals surface area contributed by atoms with E-state index in [1.165, 1.54) is 6.07 Å². The SMILES string of the molecule is C#CCNc1ccc2[nH]c(CN)cc(=O)c2c1. The maximum absolute atomic E-state index is 11.8. The van der Waals surface area contributed by atoms with Crippen LogP contribution >= 0.6 is 0 Å². The molecule has 0 aliphatic carbocycles. The number of nitrogens with two attached hydrogens (primary N) is 1. The van der Waals surface area contributed by atoms with E-state index in [0.29, 0.717) is 18.5 Å². The number of pyridine rings is 1. The van der Waals surface area contributed by atoms with E-state index in [2.05, 4.69) is 16.2 Å². The van der Waals surface area contributed by atoms with Crippen LogP contribution in [0.1, 0.15) is 5.69 Å². The maximum atomic E-state index is 11.8. The second kappa shape index (κ2) is 4.73. The molecule has 0 spiro atoms. The van der Waals surface area contributed by atoms with Gasteiger partial charge in [-0.1, -0.05) is 5.92 Å². The van der Waals surface area contributed by atoms with Gasteiger partial charge in [0.2, 0.25) is 0 Å².